The van der Waals surface area contributed by atoms with E-state index >= 15 is 0 Å². The predicted molar refractivity (Wildman–Crippen MR) is 78.4 cm³/mol. The van der Waals surface area contributed by atoms with Crippen molar-refractivity contribution in [3.05, 3.63) is 52.5 Å². The lowest BCUT2D eigenvalue weighted by Crippen LogP contribution is -2.16. The number of imidazole rings is 1. The van der Waals surface area contributed by atoms with Crippen molar-refractivity contribution in [2.45, 2.75) is 18.9 Å². The summed E-state index contributed by atoms with van der Waals surface area (Å²) in [5.41, 5.74) is 3.29. The van der Waals surface area contributed by atoms with Crippen LogP contribution in [0.3, 0.4) is 0 Å². The zero-order chi connectivity index (χ0) is 13.2. The van der Waals surface area contributed by atoms with Crippen LogP contribution in [-0.2, 0) is 19.9 Å². The van der Waals surface area contributed by atoms with Crippen molar-refractivity contribution in [2.24, 2.45) is 7.05 Å². The van der Waals surface area contributed by atoms with Crippen LogP contribution in [-0.4, -0.2) is 20.8 Å². The first kappa shape index (κ1) is 12.4. The Kier molecular flexibility index (Phi) is 3.36. The molecule has 3 aromatic rings. The highest BCUT2D eigenvalue weighted by molar-refractivity contribution is 7.07. The first-order valence-corrected chi connectivity index (χ1v) is 7.28. The Bertz CT molecular complexity index is 673. The molecule has 0 spiro atoms. The second-order valence-corrected chi connectivity index (χ2v) is 5.55. The second-order valence-electron chi connectivity index (χ2n) is 4.77. The summed E-state index contributed by atoms with van der Waals surface area (Å²) in [4.78, 5) is 4.59. The Morgan fingerprint density at radius 3 is 2.84 bits per heavy atom. The van der Waals surface area contributed by atoms with Crippen LogP contribution in [0, 0.1) is 0 Å². The largest absolute Gasteiger partial charge is 0.392 e. The van der Waals surface area contributed by atoms with Crippen molar-refractivity contribution >= 4 is 22.4 Å². The fraction of sp³-hybridized carbons (Fsp3) is 0.267. The zero-order valence-electron chi connectivity index (χ0n) is 10.8. The van der Waals surface area contributed by atoms with Crippen molar-refractivity contribution in [3.63, 3.8) is 0 Å². The minimum Gasteiger partial charge on any atom is -0.392 e. The minimum absolute atomic E-state index is 0.384. The van der Waals surface area contributed by atoms with Gasteiger partial charge in [0, 0.05) is 13.5 Å². The average molecular weight is 272 g/mol. The molecule has 0 saturated heterocycles. The second kappa shape index (κ2) is 5.15. The lowest BCUT2D eigenvalue weighted by atomic mass is 10.1. The third-order valence-electron chi connectivity index (χ3n) is 3.35. The van der Waals surface area contributed by atoms with E-state index in [4.69, 9.17) is 0 Å². The van der Waals surface area contributed by atoms with E-state index in [1.165, 1.54) is 5.56 Å². The van der Waals surface area contributed by atoms with Gasteiger partial charge in [0.15, 0.2) is 0 Å². The molecule has 2 heterocycles. The van der Waals surface area contributed by atoms with E-state index in [-0.39, 0.29) is 6.10 Å². The average Bonchev–Trinajstić information content (AvgIpc) is 3.00. The molecule has 1 unspecified atom stereocenters. The van der Waals surface area contributed by atoms with Crippen molar-refractivity contribution < 1.29 is 5.11 Å². The third-order valence-corrected chi connectivity index (χ3v) is 4.08. The van der Waals surface area contributed by atoms with Crippen LogP contribution in [0.25, 0.3) is 11.0 Å². The van der Waals surface area contributed by atoms with Gasteiger partial charge in [-0.1, -0.05) is 12.1 Å². The summed E-state index contributed by atoms with van der Waals surface area (Å²) in [6.07, 6.45) is 0.887. The third kappa shape index (κ3) is 2.55. The SMILES string of the molecule is Cn1c(CC(O)Cc2ccsc2)nc2ccccc21. The number of benzene rings is 1. The van der Waals surface area contributed by atoms with Crippen LogP contribution in [0.5, 0.6) is 0 Å². The molecule has 2 aromatic heterocycles. The monoisotopic (exact) mass is 272 g/mol. The van der Waals surface area contributed by atoms with Crippen LogP contribution in [0.4, 0.5) is 0 Å². The predicted octanol–water partition coefficient (Wildman–Crippen LogP) is 2.78. The Labute approximate surface area is 116 Å². The molecular weight excluding hydrogens is 256 g/mol. The Balaban J connectivity index is 1.79. The van der Waals surface area contributed by atoms with Gasteiger partial charge in [0.1, 0.15) is 5.82 Å². The molecule has 0 amide bonds. The topological polar surface area (TPSA) is 38.0 Å². The minimum atomic E-state index is -0.384. The number of hydrogen-bond donors (Lipinski definition) is 1. The van der Waals surface area contributed by atoms with Gasteiger partial charge >= 0.3 is 0 Å². The molecule has 0 aliphatic heterocycles. The van der Waals surface area contributed by atoms with Crippen molar-refractivity contribution in [3.8, 4) is 0 Å². The van der Waals surface area contributed by atoms with Gasteiger partial charge in [-0.3, -0.25) is 0 Å². The van der Waals surface area contributed by atoms with E-state index in [0.29, 0.717) is 12.8 Å². The maximum absolute atomic E-state index is 10.2. The van der Waals surface area contributed by atoms with Gasteiger partial charge in [-0.15, -0.1) is 0 Å². The van der Waals surface area contributed by atoms with Gasteiger partial charge < -0.3 is 9.67 Å². The number of thiophene rings is 1. The molecule has 0 aliphatic rings. The van der Waals surface area contributed by atoms with Gasteiger partial charge in [0.25, 0.3) is 0 Å². The molecule has 3 nitrogen and oxygen atoms in total. The molecule has 3 rings (SSSR count). The van der Waals surface area contributed by atoms with Gasteiger partial charge in [-0.25, -0.2) is 4.98 Å². The van der Waals surface area contributed by atoms with Crippen LogP contribution >= 0.6 is 11.3 Å². The summed E-state index contributed by atoms with van der Waals surface area (Å²) < 4.78 is 2.06. The molecule has 1 atom stereocenters. The maximum atomic E-state index is 10.2. The first-order valence-electron chi connectivity index (χ1n) is 6.33. The van der Waals surface area contributed by atoms with E-state index in [1.807, 2.05) is 30.6 Å². The Hall–Kier alpha value is -1.65. The maximum Gasteiger partial charge on any atom is 0.112 e. The highest BCUT2D eigenvalue weighted by Gasteiger charge is 2.13. The van der Waals surface area contributed by atoms with Gasteiger partial charge in [-0.2, -0.15) is 11.3 Å². The number of aryl methyl sites for hydroxylation is 1. The number of hydrogen-bond acceptors (Lipinski definition) is 3. The normalized spacial score (nSPS) is 12.9. The number of rotatable bonds is 4. The number of nitrogens with zero attached hydrogens (tertiary/aromatic N) is 2. The number of aliphatic hydroxyl groups excluding tert-OH is 1. The molecule has 0 saturated carbocycles. The van der Waals surface area contributed by atoms with Crippen LogP contribution < -0.4 is 0 Å². The molecule has 1 aromatic carbocycles. The standard InChI is InChI=1S/C15H16N2OS/c1-17-14-5-3-2-4-13(14)16-15(17)9-12(18)8-11-6-7-19-10-11/h2-7,10,12,18H,8-9H2,1H3. The smallest absolute Gasteiger partial charge is 0.112 e. The summed E-state index contributed by atoms with van der Waals surface area (Å²) in [7, 11) is 2.00. The summed E-state index contributed by atoms with van der Waals surface area (Å²) >= 11 is 1.66. The zero-order valence-corrected chi connectivity index (χ0v) is 11.6. The fourth-order valence-corrected chi connectivity index (χ4v) is 3.02. The Morgan fingerprint density at radius 2 is 2.11 bits per heavy atom. The molecule has 0 aliphatic carbocycles. The number of aliphatic hydroxyl groups is 1. The molecule has 1 N–H and O–H groups in total. The van der Waals surface area contributed by atoms with E-state index in [1.54, 1.807) is 11.3 Å². The van der Waals surface area contributed by atoms with Crippen LogP contribution in [0.2, 0.25) is 0 Å². The summed E-state index contributed by atoms with van der Waals surface area (Å²) in [6, 6.07) is 10.1. The molecule has 19 heavy (non-hydrogen) atoms. The highest BCUT2D eigenvalue weighted by atomic mass is 32.1. The number of aromatic nitrogens is 2. The lowest BCUT2D eigenvalue weighted by Gasteiger charge is -2.09. The summed E-state index contributed by atoms with van der Waals surface area (Å²) in [6.45, 7) is 0. The number of para-hydroxylation sites is 2. The molecule has 0 radical (unpaired) electrons. The Morgan fingerprint density at radius 1 is 1.26 bits per heavy atom. The van der Waals surface area contributed by atoms with Crippen LogP contribution in [0.1, 0.15) is 11.4 Å². The van der Waals surface area contributed by atoms with Gasteiger partial charge in [0.2, 0.25) is 0 Å². The lowest BCUT2D eigenvalue weighted by molar-refractivity contribution is 0.172. The van der Waals surface area contributed by atoms with E-state index < -0.39 is 0 Å². The van der Waals surface area contributed by atoms with Crippen molar-refractivity contribution in [1.29, 1.82) is 0 Å². The van der Waals surface area contributed by atoms with Crippen LogP contribution in [0.15, 0.2) is 41.1 Å². The van der Waals surface area contributed by atoms with Crippen molar-refractivity contribution in [2.75, 3.05) is 0 Å². The number of fused-ring (bicyclic) bond motifs is 1. The van der Waals surface area contributed by atoms with E-state index in [9.17, 15) is 5.11 Å². The van der Waals surface area contributed by atoms with Gasteiger partial charge in [-0.05, 0) is 40.9 Å². The summed E-state index contributed by atoms with van der Waals surface area (Å²) in [5.74, 6) is 0.934. The van der Waals surface area contributed by atoms with Crippen molar-refractivity contribution in [1.82, 2.24) is 9.55 Å². The molecule has 0 bridgehead atoms. The molecule has 4 heteroatoms. The van der Waals surface area contributed by atoms with Gasteiger partial charge in [0.05, 0.1) is 17.1 Å². The molecule has 0 fully saturated rings. The summed E-state index contributed by atoms with van der Waals surface area (Å²) in [5, 5.41) is 14.3. The quantitative estimate of drug-likeness (QED) is 0.793. The molecular formula is C15H16N2OS. The first-order chi connectivity index (χ1) is 9.24. The molecule has 98 valence electrons. The fourth-order valence-electron chi connectivity index (χ4n) is 2.34. The highest BCUT2D eigenvalue weighted by Crippen LogP contribution is 2.17. The van der Waals surface area contributed by atoms with E-state index in [2.05, 4.69) is 27.1 Å². The van der Waals surface area contributed by atoms with E-state index in [0.717, 1.165) is 16.9 Å².